The maximum absolute atomic E-state index is 12.4. The van der Waals surface area contributed by atoms with Crippen LogP contribution in [-0.4, -0.2) is 30.6 Å². The van der Waals surface area contributed by atoms with Crippen LogP contribution in [0.25, 0.3) is 0 Å². The number of esters is 1. The van der Waals surface area contributed by atoms with Crippen LogP contribution in [0.4, 0.5) is 5.69 Å². The Kier molecular flexibility index (Phi) is 6.36. The number of anilines is 1. The smallest absolute Gasteiger partial charge is 0.326 e. The van der Waals surface area contributed by atoms with Crippen molar-refractivity contribution in [3.8, 4) is 11.5 Å². The molecule has 0 aliphatic carbocycles. The summed E-state index contributed by atoms with van der Waals surface area (Å²) in [4.78, 5) is 25.9. The number of rotatable bonds is 6. The minimum absolute atomic E-state index is 0.234. The summed E-state index contributed by atoms with van der Waals surface area (Å²) in [6.07, 6.45) is 0. The zero-order valence-electron chi connectivity index (χ0n) is 15.3. The molecule has 0 radical (unpaired) electrons. The van der Waals surface area contributed by atoms with Gasteiger partial charge in [0.05, 0.1) is 12.2 Å². The molecule has 2 rings (SSSR count). The van der Waals surface area contributed by atoms with E-state index in [1.54, 1.807) is 57.2 Å². The van der Waals surface area contributed by atoms with Crippen molar-refractivity contribution in [2.24, 2.45) is 5.73 Å². The Bertz CT molecular complexity index is 754. The quantitative estimate of drug-likeness (QED) is 0.804. The van der Waals surface area contributed by atoms with Crippen LogP contribution in [0.1, 0.15) is 20.8 Å². The van der Waals surface area contributed by atoms with Crippen LogP contribution in [0.15, 0.2) is 54.6 Å². The highest BCUT2D eigenvalue weighted by Gasteiger charge is 2.25. The lowest BCUT2D eigenvalue weighted by atomic mass is 10.2. The number of amides is 1. The maximum Gasteiger partial charge on any atom is 0.326 e. The molecular formula is C20H24N2O4. The molecule has 0 aliphatic heterocycles. The normalized spacial score (nSPS) is 10.9. The molecule has 0 saturated carbocycles. The fourth-order valence-corrected chi connectivity index (χ4v) is 2.30. The van der Waals surface area contributed by atoms with Crippen molar-refractivity contribution in [2.75, 3.05) is 18.0 Å². The van der Waals surface area contributed by atoms with E-state index in [1.165, 1.54) is 4.90 Å². The summed E-state index contributed by atoms with van der Waals surface area (Å²) in [7, 11) is 0. The number of carbonyl (C=O) groups excluding carboxylic acids is 2. The molecule has 138 valence electrons. The first-order valence-electron chi connectivity index (χ1n) is 8.34. The van der Waals surface area contributed by atoms with Gasteiger partial charge in [0.2, 0.25) is 5.91 Å². The lowest BCUT2D eigenvalue weighted by Gasteiger charge is -2.26. The van der Waals surface area contributed by atoms with Crippen molar-refractivity contribution in [3.05, 3.63) is 54.6 Å². The second-order valence-corrected chi connectivity index (χ2v) is 6.65. The summed E-state index contributed by atoms with van der Waals surface area (Å²) >= 11 is 0. The van der Waals surface area contributed by atoms with E-state index < -0.39 is 17.5 Å². The second kappa shape index (κ2) is 8.49. The third kappa shape index (κ3) is 5.60. The zero-order valence-corrected chi connectivity index (χ0v) is 15.3. The second-order valence-electron chi connectivity index (χ2n) is 6.65. The van der Waals surface area contributed by atoms with Crippen LogP contribution < -0.4 is 15.4 Å². The van der Waals surface area contributed by atoms with Crippen LogP contribution in [0.3, 0.4) is 0 Å². The van der Waals surface area contributed by atoms with Crippen molar-refractivity contribution >= 4 is 17.6 Å². The van der Waals surface area contributed by atoms with Crippen molar-refractivity contribution < 1.29 is 19.1 Å². The summed E-state index contributed by atoms with van der Waals surface area (Å²) in [5, 5.41) is 0. The number of nitrogens with two attached hydrogens (primary N) is 1. The average molecular weight is 356 g/mol. The molecule has 26 heavy (non-hydrogen) atoms. The van der Waals surface area contributed by atoms with Crippen LogP contribution in [0.5, 0.6) is 11.5 Å². The van der Waals surface area contributed by atoms with E-state index in [2.05, 4.69) is 0 Å². The largest absolute Gasteiger partial charge is 0.459 e. The Morgan fingerprint density at radius 1 is 1.00 bits per heavy atom. The van der Waals surface area contributed by atoms with Gasteiger partial charge in [-0.2, -0.15) is 0 Å². The Balaban J connectivity index is 2.30. The van der Waals surface area contributed by atoms with Gasteiger partial charge in [-0.05, 0) is 45.0 Å². The van der Waals surface area contributed by atoms with Gasteiger partial charge in [0.25, 0.3) is 0 Å². The Morgan fingerprint density at radius 2 is 1.62 bits per heavy atom. The third-order valence-electron chi connectivity index (χ3n) is 3.31. The minimum Gasteiger partial charge on any atom is -0.459 e. The molecule has 0 atom stereocenters. The molecule has 2 aromatic rings. The van der Waals surface area contributed by atoms with Crippen LogP contribution in [-0.2, 0) is 14.3 Å². The summed E-state index contributed by atoms with van der Waals surface area (Å²) in [6.45, 7) is 4.83. The topological polar surface area (TPSA) is 81.9 Å². The molecule has 0 heterocycles. The lowest BCUT2D eigenvalue weighted by Crippen LogP contribution is -2.42. The number of ether oxygens (including phenoxy) is 2. The van der Waals surface area contributed by atoms with E-state index in [9.17, 15) is 9.59 Å². The molecule has 0 unspecified atom stereocenters. The molecule has 0 saturated heterocycles. The van der Waals surface area contributed by atoms with E-state index in [0.717, 1.165) is 0 Å². The molecule has 0 fully saturated rings. The van der Waals surface area contributed by atoms with Crippen LogP contribution in [0, 0.1) is 0 Å². The summed E-state index contributed by atoms with van der Waals surface area (Å²) in [6, 6.07) is 16.2. The van der Waals surface area contributed by atoms with Gasteiger partial charge in [-0.15, -0.1) is 0 Å². The van der Waals surface area contributed by atoms with Crippen LogP contribution >= 0.6 is 0 Å². The predicted octanol–water partition coefficient (Wildman–Crippen LogP) is 3.11. The number of benzene rings is 2. The van der Waals surface area contributed by atoms with E-state index in [-0.39, 0.29) is 13.1 Å². The minimum atomic E-state index is -0.644. The van der Waals surface area contributed by atoms with Gasteiger partial charge >= 0.3 is 5.97 Å². The molecule has 0 aliphatic rings. The Morgan fingerprint density at radius 3 is 2.23 bits per heavy atom. The van der Waals surface area contributed by atoms with Gasteiger partial charge in [0.1, 0.15) is 17.9 Å². The number of para-hydroxylation sites is 3. The van der Waals surface area contributed by atoms with Gasteiger partial charge < -0.3 is 15.2 Å². The highest BCUT2D eigenvalue weighted by Crippen LogP contribution is 2.32. The van der Waals surface area contributed by atoms with E-state index in [0.29, 0.717) is 17.2 Å². The SMILES string of the molecule is CC(C)(C)OC(=O)CN(C(=O)CN)c1ccccc1Oc1ccccc1. The highest BCUT2D eigenvalue weighted by atomic mass is 16.6. The van der Waals surface area contributed by atoms with E-state index in [1.807, 2.05) is 18.2 Å². The fraction of sp³-hybridized carbons (Fsp3) is 0.300. The monoisotopic (exact) mass is 356 g/mol. The summed E-state index contributed by atoms with van der Waals surface area (Å²) < 4.78 is 11.2. The van der Waals surface area contributed by atoms with E-state index in [4.69, 9.17) is 15.2 Å². The molecule has 6 nitrogen and oxygen atoms in total. The van der Waals surface area contributed by atoms with Crippen molar-refractivity contribution in [3.63, 3.8) is 0 Å². The number of hydrogen-bond acceptors (Lipinski definition) is 5. The molecular weight excluding hydrogens is 332 g/mol. The summed E-state index contributed by atoms with van der Waals surface area (Å²) in [5.74, 6) is 0.148. The standard InChI is InChI=1S/C20H24N2O4/c1-20(2,3)26-19(24)14-22(18(23)13-21)16-11-7-8-12-17(16)25-15-9-5-4-6-10-15/h4-12H,13-14,21H2,1-3H3. The lowest BCUT2D eigenvalue weighted by molar-refractivity contribution is -0.153. The summed E-state index contributed by atoms with van der Waals surface area (Å²) in [5.41, 5.74) is 5.34. The zero-order chi connectivity index (χ0) is 19.2. The first-order chi connectivity index (χ1) is 12.3. The molecule has 0 aromatic heterocycles. The van der Waals surface area contributed by atoms with Gasteiger partial charge in [-0.25, -0.2) is 0 Å². The van der Waals surface area contributed by atoms with Crippen molar-refractivity contribution in [2.45, 2.75) is 26.4 Å². The molecule has 0 bridgehead atoms. The van der Waals surface area contributed by atoms with Gasteiger partial charge in [-0.3, -0.25) is 14.5 Å². The molecule has 2 N–H and O–H groups in total. The van der Waals surface area contributed by atoms with Crippen LogP contribution in [0.2, 0.25) is 0 Å². The maximum atomic E-state index is 12.4. The molecule has 1 amide bonds. The van der Waals surface area contributed by atoms with E-state index >= 15 is 0 Å². The molecule has 2 aromatic carbocycles. The highest BCUT2D eigenvalue weighted by molar-refractivity contribution is 6.00. The van der Waals surface area contributed by atoms with Gasteiger partial charge in [0.15, 0.2) is 5.75 Å². The third-order valence-corrected chi connectivity index (χ3v) is 3.31. The average Bonchev–Trinajstić information content (AvgIpc) is 2.59. The number of nitrogens with zero attached hydrogens (tertiary/aromatic N) is 1. The predicted molar refractivity (Wildman–Crippen MR) is 100 cm³/mol. The Hall–Kier alpha value is -2.86. The number of carbonyl (C=O) groups is 2. The first-order valence-corrected chi connectivity index (χ1v) is 8.34. The van der Waals surface area contributed by atoms with Gasteiger partial charge in [-0.1, -0.05) is 30.3 Å². The van der Waals surface area contributed by atoms with Crippen molar-refractivity contribution in [1.29, 1.82) is 0 Å². The fourth-order valence-electron chi connectivity index (χ4n) is 2.30. The molecule has 6 heteroatoms. The number of hydrogen-bond donors (Lipinski definition) is 1. The Labute approximate surface area is 153 Å². The van der Waals surface area contributed by atoms with Gasteiger partial charge in [0, 0.05) is 0 Å². The first kappa shape index (κ1) is 19.5. The van der Waals surface area contributed by atoms with Crippen molar-refractivity contribution in [1.82, 2.24) is 0 Å². The molecule has 0 spiro atoms.